The van der Waals surface area contributed by atoms with Gasteiger partial charge in [0.15, 0.2) is 0 Å². The van der Waals surface area contributed by atoms with E-state index in [1.165, 1.54) is 6.42 Å². The van der Waals surface area contributed by atoms with Crippen molar-refractivity contribution in [1.29, 1.82) is 0 Å². The quantitative estimate of drug-likeness (QED) is 0.882. The lowest BCUT2D eigenvalue weighted by atomic mass is 10.1. The van der Waals surface area contributed by atoms with Gasteiger partial charge in [-0.1, -0.05) is 0 Å². The molecule has 1 aromatic rings. The number of anilines is 1. The standard InChI is InChI=1S/C13H20N4O/c1-10-12(15-7-6-14-10)16-11(2)13(18)17-8-4-3-5-9-17/h6-7,11H,3-5,8-9H2,1-2H3,(H,15,16). The van der Waals surface area contributed by atoms with Gasteiger partial charge < -0.3 is 10.2 Å². The lowest BCUT2D eigenvalue weighted by Crippen LogP contribution is -2.44. The Morgan fingerprint density at radius 1 is 1.28 bits per heavy atom. The Morgan fingerprint density at radius 2 is 1.94 bits per heavy atom. The molecule has 0 bridgehead atoms. The maximum Gasteiger partial charge on any atom is 0.244 e. The summed E-state index contributed by atoms with van der Waals surface area (Å²) in [5.74, 6) is 0.843. The Labute approximate surface area is 108 Å². The predicted molar refractivity (Wildman–Crippen MR) is 70.3 cm³/mol. The van der Waals surface area contributed by atoms with E-state index in [4.69, 9.17) is 0 Å². The fourth-order valence-electron chi connectivity index (χ4n) is 2.20. The van der Waals surface area contributed by atoms with Crippen LogP contribution in [0.3, 0.4) is 0 Å². The molecule has 1 unspecified atom stereocenters. The first-order valence-corrected chi connectivity index (χ1v) is 6.51. The SMILES string of the molecule is Cc1nccnc1NC(C)C(=O)N1CCCCC1. The number of likely N-dealkylation sites (tertiary alicyclic amines) is 1. The Balaban J connectivity index is 1.96. The van der Waals surface area contributed by atoms with E-state index in [2.05, 4.69) is 15.3 Å². The molecule has 0 aromatic carbocycles. The van der Waals surface area contributed by atoms with Gasteiger partial charge in [-0.25, -0.2) is 4.98 Å². The van der Waals surface area contributed by atoms with Gasteiger partial charge in [0.1, 0.15) is 11.9 Å². The summed E-state index contributed by atoms with van der Waals surface area (Å²) in [6.07, 6.45) is 6.74. The van der Waals surface area contributed by atoms with Gasteiger partial charge in [0.2, 0.25) is 5.91 Å². The summed E-state index contributed by atoms with van der Waals surface area (Å²) in [5.41, 5.74) is 0.816. The summed E-state index contributed by atoms with van der Waals surface area (Å²) < 4.78 is 0. The Morgan fingerprint density at radius 3 is 2.61 bits per heavy atom. The molecule has 1 N–H and O–H groups in total. The zero-order valence-corrected chi connectivity index (χ0v) is 11.0. The zero-order valence-electron chi connectivity index (χ0n) is 11.0. The van der Waals surface area contributed by atoms with Crippen LogP contribution in [0.1, 0.15) is 31.9 Å². The van der Waals surface area contributed by atoms with Crippen molar-refractivity contribution in [3.63, 3.8) is 0 Å². The molecule has 0 radical (unpaired) electrons. The molecular formula is C13H20N4O. The summed E-state index contributed by atoms with van der Waals surface area (Å²) in [4.78, 5) is 22.5. The number of hydrogen-bond acceptors (Lipinski definition) is 4. The Bertz CT molecular complexity index is 415. The number of amides is 1. The summed E-state index contributed by atoms with van der Waals surface area (Å²) in [5, 5.41) is 3.14. The van der Waals surface area contributed by atoms with E-state index < -0.39 is 0 Å². The largest absolute Gasteiger partial charge is 0.357 e. The van der Waals surface area contributed by atoms with Gasteiger partial charge in [-0.3, -0.25) is 9.78 Å². The molecule has 1 aliphatic heterocycles. The molecule has 1 atom stereocenters. The predicted octanol–water partition coefficient (Wildman–Crippen LogP) is 1.60. The highest BCUT2D eigenvalue weighted by Gasteiger charge is 2.22. The third kappa shape index (κ3) is 2.97. The molecule has 5 nitrogen and oxygen atoms in total. The number of nitrogens with zero attached hydrogens (tertiary/aromatic N) is 3. The zero-order chi connectivity index (χ0) is 13.0. The van der Waals surface area contributed by atoms with Crippen LogP contribution in [0, 0.1) is 6.92 Å². The molecule has 18 heavy (non-hydrogen) atoms. The molecule has 1 aromatic heterocycles. The second-order valence-corrected chi connectivity index (χ2v) is 4.74. The first-order valence-electron chi connectivity index (χ1n) is 6.51. The van der Waals surface area contributed by atoms with Crippen LogP contribution in [0.5, 0.6) is 0 Å². The van der Waals surface area contributed by atoms with E-state index in [0.29, 0.717) is 5.82 Å². The molecule has 2 rings (SSSR count). The smallest absolute Gasteiger partial charge is 0.244 e. The third-order valence-electron chi connectivity index (χ3n) is 3.27. The number of aromatic nitrogens is 2. The van der Waals surface area contributed by atoms with Crippen LogP contribution in [-0.2, 0) is 4.79 Å². The molecule has 5 heteroatoms. The van der Waals surface area contributed by atoms with Crippen molar-refractivity contribution in [3.8, 4) is 0 Å². The van der Waals surface area contributed by atoms with Gasteiger partial charge in [0.25, 0.3) is 0 Å². The van der Waals surface area contributed by atoms with Crippen molar-refractivity contribution in [1.82, 2.24) is 14.9 Å². The molecule has 1 aliphatic rings. The van der Waals surface area contributed by atoms with Gasteiger partial charge in [-0.05, 0) is 33.1 Å². The fourth-order valence-corrected chi connectivity index (χ4v) is 2.20. The number of piperidine rings is 1. The summed E-state index contributed by atoms with van der Waals surface area (Å²) in [6.45, 7) is 5.52. The second-order valence-electron chi connectivity index (χ2n) is 4.74. The highest BCUT2D eigenvalue weighted by Crippen LogP contribution is 2.13. The van der Waals surface area contributed by atoms with Gasteiger partial charge in [-0.15, -0.1) is 0 Å². The van der Waals surface area contributed by atoms with Crippen LogP contribution >= 0.6 is 0 Å². The molecule has 0 spiro atoms. The van der Waals surface area contributed by atoms with Crippen LogP contribution < -0.4 is 5.32 Å². The van der Waals surface area contributed by atoms with Crippen molar-refractivity contribution in [2.75, 3.05) is 18.4 Å². The van der Waals surface area contributed by atoms with Crippen LogP contribution in [-0.4, -0.2) is 39.9 Å². The van der Waals surface area contributed by atoms with Crippen molar-refractivity contribution in [2.24, 2.45) is 0 Å². The molecule has 1 amide bonds. The average Bonchev–Trinajstić information content (AvgIpc) is 2.41. The topological polar surface area (TPSA) is 58.1 Å². The number of nitrogens with one attached hydrogen (secondary N) is 1. The van der Waals surface area contributed by atoms with E-state index in [9.17, 15) is 4.79 Å². The number of carbonyl (C=O) groups excluding carboxylic acids is 1. The van der Waals surface area contributed by atoms with Gasteiger partial charge in [0.05, 0.1) is 5.69 Å². The Hall–Kier alpha value is -1.65. The maximum atomic E-state index is 12.2. The first-order chi connectivity index (χ1) is 8.68. The van der Waals surface area contributed by atoms with Crippen LogP contribution in [0.25, 0.3) is 0 Å². The summed E-state index contributed by atoms with van der Waals surface area (Å²) >= 11 is 0. The minimum Gasteiger partial charge on any atom is -0.357 e. The van der Waals surface area contributed by atoms with Gasteiger partial charge in [-0.2, -0.15) is 0 Å². The van der Waals surface area contributed by atoms with E-state index in [0.717, 1.165) is 31.6 Å². The van der Waals surface area contributed by atoms with Crippen molar-refractivity contribution in [3.05, 3.63) is 18.1 Å². The first kappa shape index (κ1) is 12.8. The lowest BCUT2D eigenvalue weighted by Gasteiger charge is -2.29. The average molecular weight is 248 g/mol. The van der Waals surface area contributed by atoms with Crippen molar-refractivity contribution >= 4 is 11.7 Å². The van der Waals surface area contributed by atoms with E-state index in [-0.39, 0.29) is 11.9 Å². The Kier molecular flexibility index (Phi) is 4.12. The number of carbonyl (C=O) groups is 1. The molecule has 98 valence electrons. The minimum atomic E-state index is -0.251. The van der Waals surface area contributed by atoms with Gasteiger partial charge in [0, 0.05) is 25.5 Å². The molecule has 2 heterocycles. The molecule has 1 saturated heterocycles. The van der Waals surface area contributed by atoms with E-state index in [1.54, 1.807) is 12.4 Å². The summed E-state index contributed by atoms with van der Waals surface area (Å²) in [6, 6.07) is -0.251. The van der Waals surface area contributed by atoms with E-state index in [1.807, 2.05) is 18.7 Å². The van der Waals surface area contributed by atoms with Crippen LogP contribution in [0.2, 0.25) is 0 Å². The second kappa shape index (κ2) is 5.80. The number of rotatable bonds is 3. The minimum absolute atomic E-state index is 0.153. The monoisotopic (exact) mass is 248 g/mol. The number of hydrogen-bond donors (Lipinski definition) is 1. The highest BCUT2D eigenvalue weighted by molar-refractivity contribution is 5.84. The molecule has 0 saturated carbocycles. The highest BCUT2D eigenvalue weighted by atomic mass is 16.2. The summed E-state index contributed by atoms with van der Waals surface area (Å²) in [7, 11) is 0. The molecule has 0 aliphatic carbocycles. The van der Waals surface area contributed by atoms with Crippen LogP contribution in [0.4, 0.5) is 5.82 Å². The van der Waals surface area contributed by atoms with Crippen molar-refractivity contribution < 1.29 is 4.79 Å². The third-order valence-corrected chi connectivity index (χ3v) is 3.27. The molecular weight excluding hydrogens is 228 g/mol. The van der Waals surface area contributed by atoms with Crippen molar-refractivity contribution in [2.45, 2.75) is 39.2 Å². The van der Waals surface area contributed by atoms with Crippen LogP contribution in [0.15, 0.2) is 12.4 Å². The maximum absolute atomic E-state index is 12.2. The van der Waals surface area contributed by atoms with E-state index >= 15 is 0 Å². The number of aryl methyl sites for hydroxylation is 1. The normalized spacial score (nSPS) is 17.3. The van der Waals surface area contributed by atoms with Gasteiger partial charge >= 0.3 is 0 Å². The molecule has 1 fully saturated rings. The fraction of sp³-hybridized carbons (Fsp3) is 0.615. The lowest BCUT2D eigenvalue weighted by molar-refractivity contribution is -0.132.